The smallest absolute Gasteiger partial charge is 0.264 e. The zero-order chi connectivity index (χ0) is 23.8. The molecule has 33 heavy (non-hydrogen) atoms. The number of benzene rings is 3. The van der Waals surface area contributed by atoms with Gasteiger partial charge in [-0.1, -0.05) is 24.3 Å². The molecule has 0 aliphatic rings. The summed E-state index contributed by atoms with van der Waals surface area (Å²) >= 11 is 5.23. The molecule has 2 N–H and O–H groups in total. The van der Waals surface area contributed by atoms with E-state index in [0.717, 1.165) is 0 Å². The number of thiocarbonyl (C=S) groups is 1. The molecule has 0 fully saturated rings. The Morgan fingerprint density at radius 1 is 0.970 bits per heavy atom. The Balaban J connectivity index is 1.67. The number of rotatable bonds is 8. The Hall–Kier alpha value is -3.43. The first-order chi connectivity index (χ1) is 15.8. The number of carbonyl (C=O) groups is 1. The predicted molar refractivity (Wildman–Crippen MR) is 134 cm³/mol. The Labute approximate surface area is 199 Å². The van der Waals surface area contributed by atoms with Crippen LogP contribution in [0.25, 0.3) is 0 Å². The van der Waals surface area contributed by atoms with Crippen molar-refractivity contribution in [2.45, 2.75) is 18.7 Å². The molecule has 0 bridgehead atoms. The van der Waals surface area contributed by atoms with Gasteiger partial charge in [0.1, 0.15) is 5.75 Å². The molecule has 3 aromatic carbocycles. The van der Waals surface area contributed by atoms with Crippen LogP contribution >= 0.6 is 12.2 Å². The lowest BCUT2D eigenvalue weighted by molar-refractivity contribution is 0.0977. The van der Waals surface area contributed by atoms with Crippen LogP contribution in [0.3, 0.4) is 0 Å². The number of nitrogens with zero attached hydrogens (tertiary/aromatic N) is 1. The molecule has 0 radical (unpaired) electrons. The van der Waals surface area contributed by atoms with Crippen molar-refractivity contribution >= 4 is 44.6 Å². The monoisotopic (exact) mass is 483 g/mol. The van der Waals surface area contributed by atoms with Crippen LogP contribution in [0.1, 0.15) is 24.2 Å². The van der Waals surface area contributed by atoms with Crippen molar-refractivity contribution in [3.8, 4) is 5.75 Å². The second kappa shape index (κ2) is 10.9. The molecule has 1 amide bonds. The van der Waals surface area contributed by atoms with Gasteiger partial charge in [0.2, 0.25) is 0 Å². The van der Waals surface area contributed by atoms with Gasteiger partial charge < -0.3 is 10.1 Å². The van der Waals surface area contributed by atoms with Crippen molar-refractivity contribution in [1.82, 2.24) is 5.32 Å². The van der Waals surface area contributed by atoms with Gasteiger partial charge in [-0.25, -0.2) is 8.42 Å². The van der Waals surface area contributed by atoms with Gasteiger partial charge in [0.05, 0.1) is 17.2 Å². The summed E-state index contributed by atoms with van der Waals surface area (Å²) in [7, 11) is -3.72. The Morgan fingerprint density at radius 3 is 2.30 bits per heavy atom. The van der Waals surface area contributed by atoms with Crippen LogP contribution in [0, 0.1) is 0 Å². The quantitative estimate of drug-likeness (QED) is 0.461. The van der Waals surface area contributed by atoms with E-state index in [2.05, 4.69) is 10.6 Å². The van der Waals surface area contributed by atoms with Crippen LogP contribution in [0.4, 0.5) is 11.4 Å². The molecule has 0 aromatic heterocycles. The highest BCUT2D eigenvalue weighted by molar-refractivity contribution is 7.92. The maximum atomic E-state index is 13.1. The zero-order valence-corrected chi connectivity index (χ0v) is 19.9. The molecule has 0 spiro atoms. The number of carbonyl (C=O) groups excluding carboxylic acids is 1. The Morgan fingerprint density at radius 2 is 1.67 bits per heavy atom. The number of para-hydroxylation sites is 1. The molecule has 3 aromatic rings. The lowest BCUT2D eigenvalue weighted by Crippen LogP contribution is -2.34. The summed E-state index contributed by atoms with van der Waals surface area (Å²) < 4.78 is 32.9. The van der Waals surface area contributed by atoms with Crippen LogP contribution in [0.15, 0.2) is 83.8 Å². The minimum Gasteiger partial charge on any atom is -0.494 e. The minimum absolute atomic E-state index is 0.0943. The van der Waals surface area contributed by atoms with E-state index in [0.29, 0.717) is 35.8 Å². The first kappa shape index (κ1) is 24.2. The third kappa shape index (κ3) is 6.09. The summed E-state index contributed by atoms with van der Waals surface area (Å²) in [4.78, 5) is 12.6. The largest absolute Gasteiger partial charge is 0.494 e. The topological polar surface area (TPSA) is 87.7 Å². The van der Waals surface area contributed by atoms with Gasteiger partial charge in [-0.15, -0.1) is 0 Å². The zero-order valence-electron chi connectivity index (χ0n) is 18.3. The van der Waals surface area contributed by atoms with Gasteiger partial charge >= 0.3 is 0 Å². The van der Waals surface area contributed by atoms with Crippen LogP contribution in [0.5, 0.6) is 5.75 Å². The van der Waals surface area contributed by atoms with Crippen molar-refractivity contribution in [3.05, 3.63) is 84.4 Å². The van der Waals surface area contributed by atoms with E-state index in [1.165, 1.54) is 16.4 Å². The molecule has 9 heteroatoms. The first-order valence-electron chi connectivity index (χ1n) is 10.4. The molecular formula is C24H25N3O4S2. The number of sulfonamides is 1. The maximum absolute atomic E-state index is 13.1. The van der Waals surface area contributed by atoms with E-state index >= 15 is 0 Å². The SMILES string of the molecule is CCOc1cccc(C(=O)NC(=S)Nc2ccc(S(=O)(=O)N(CC)c3ccccc3)cc2)c1. The summed E-state index contributed by atoms with van der Waals surface area (Å²) in [5, 5.41) is 5.60. The maximum Gasteiger partial charge on any atom is 0.264 e. The molecule has 0 aliphatic heterocycles. The van der Waals surface area contributed by atoms with E-state index in [4.69, 9.17) is 17.0 Å². The highest BCUT2D eigenvalue weighted by Gasteiger charge is 2.23. The molecule has 0 atom stereocenters. The van der Waals surface area contributed by atoms with E-state index in [-0.39, 0.29) is 15.9 Å². The fraction of sp³-hybridized carbons (Fsp3) is 0.167. The molecule has 0 aliphatic carbocycles. The molecular weight excluding hydrogens is 458 g/mol. The molecule has 0 unspecified atom stereocenters. The molecule has 172 valence electrons. The summed E-state index contributed by atoms with van der Waals surface area (Å²) in [5.74, 6) is 0.215. The highest BCUT2D eigenvalue weighted by Crippen LogP contribution is 2.24. The molecule has 7 nitrogen and oxygen atoms in total. The third-order valence-electron chi connectivity index (χ3n) is 4.67. The Bertz CT molecular complexity index is 1210. The Kier molecular flexibility index (Phi) is 8.02. The highest BCUT2D eigenvalue weighted by atomic mass is 32.2. The number of amides is 1. The van der Waals surface area contributed by atoms with Gasteiger partial charge in [-0.3, -0.25) is 14.4 Å². The fourth-order valence-electron chi connectivity index (χ4n) is 3.15. The van der Waals surface area contributed by atoms with Crippen LogP contribution in [0.2, 0.25) is 0 Å². The average molecular weight is 484 g/mol. The van der Waals surface area contributed by atoms with Gasteiger partial charge in [0, 0.05) is 17.8 Å². The lowest BCUT2D eigenvalue weighted by atomic mass is 10.2. The molecule has 3 rings (SSSR count). The van der Waals surface area contributed by atoms with Crippen molar-refractivity contribution in [3.63, 3.8) is 0 Å². The van der Waals surface area contributed by atoms with Crippen molar-refractivity contribution < 1.29 is 17.9 Å². The van der Waals surface area contributed by atoms with Gasteiger partial charge in [0.25, 0.3) is 15.9 Å². The van der Waals surface area contributed by atoms with Gasteiger partial charge in [-0.05, 0) is 80.7 Å². The first-order valence-corrected chi connectivity index (χ1v) is 12.2. The van der Waals surface area contributed by atoms with Crippen LogP contribution in [-0.2, 0) is 10.0 Å². The summed E-state index contributed by atoms with van der Waals surface area (Å²) in [5.41, 5.74) is 1.55. The number of ether oxygens (including phenoxy) is 1. The predicted octanol–water partition coefficient (Wildman–Crippen LogP) is 4.43. The van der Waals surface area contributed by atoms with Crippen LogP contribution in [-0.4, -0.2) is 32.6 Å². The second-order valence-electron chi connectivity index (χ2n) is 6.90. The van der Waals surface area contributed by atoms with Gasteiger partial charge in [0.15, 0.2) is 5.11 Å². The minimum atomic E-state index is -3.72. The molecule has 0 saturated carbocycles. The van der Waals surface area contributed by atoms with Gasteiger partial charge in [-0.2, -0.15) is 0 Å². The summed E-state index contributed by atoms with van der Waals surface area (Å²) in [6.45, 7) is 4.44. The second-order valence-corrected chi connectivity index (χ2v) is 9.17. The third-order valence-corrected chi connectivity index (χ3v) is 6.79. The number of hydrogen-bond donors (Lipinski definition) is 2. The van der Waals surface area contributed by atoms with Crippen molar-refractivity contribution in [2.75, 3.05) is 22.8 Å². The average Bonchev–Trinajstić information content (AvgIpc) is 2.81. The normalized spacial score (nSPS) is 10.8. The number of nitrogens with one attached hydrogen (secondary N) is 2. The van der Waals surface area contributed by atoms with E-state index in [1.54, 1.807) is 67.6 Å². The van der Waals surface area contributed by atoms with Crippen molar-refractivity contribution in [1.29, 1.82) is 0 Å². The number of hydrogen-bond acceptors (Lipinski definition) is 5. The lowest BCUT2D eigenvalue weighted by Gasteiger charge is -2.23. The standard InChI is InChI=1S/C24H25N3O4S2/c1-3-27(20-10-6-5-7-11-20)33(29,30)22-15-13-19(14-16-22)25-24(32)26-23(28)18-9-8-12-21(17-18)31-4-2/h5-17H,3-4H2,1-2H3,(H2,25,26,28,32). The number of anilines is 2. The van der Waals surface area contributed by atoms with Crippen molar-refractivity contribution in [2.24, 2.45) is 0 Å². The van der Waals surface area contributed by atoms with E-state index < -0.39 is 10.0 Å². The molecule has 0 saturated heterocycles. The fourth-order valence-corrected chi connectivity index (χ4v) is 4.84. The van der Waals surface area contributed by atoms with E-state index in [1.807, 2.05) is 13.0 Å². The van der Waals surface area contributed by atoms with Crippen LogP contribution < -0.4 is 19.7 Å². The molecule has 0 heterocycles. The van der Waals surface area contributed by atoms with E-state index in [9.17, 15) is 13.2 Å². The summed E-state index contributed by atoms with van der Waals surface area (Å²) in [6, 6.07) is 21.9. The summed E-state index contributed by atoms with van der Waals surface area (Å²) in [6.07, 6.45) is 0.